The van der Waals surface area contributed by atoms with E-state index in [1.54, 1.807) is 12.2 Å². The van der Waals surface area contributed by atoms with Crippen LogP contribution in [0.2, 0.25) is 0 Å². The summed E-state index contributed by atoms with van der Waals surface area (Å²) in [6, 6.07) is 0. The lowest BCUT2D eigenvalue weighted by Crippen LogP contribution is -2.54. The molecule has 3 heteroatoms. The van der Waals surface area contributed by atoms with Crippen LogP contribution in [0.3, 0.4) is 0 Å². The first-order valence-electron chi connectivity index (χ1n) is 7.22. The van der Waals surface area contributed by atoms with Crippen molar-refractivity contribution in [1.82, 2.24) is 0 Å². The minimum Gasteiger partial charge on any atom is -0.450 e. The number of esters is 1. The third kappa shape index (κ3) is 1.87. The molecule has 1 saturated carbocycles. The minimum absolute atomic E-state index is 0.0187. The maximum atomic E-state index is 11.8. The number of hydrogen-bond donors (Lipinski definition) is 0. The zero-order valence-corrected chi connectivity index (χ0v) is 11.4. The molecule has 0 amide bonds. The highest BCUT2D eigenvalue weighted by molar-refractivity contribution is 6.01. The van der Waals surface area contributed by atoms with Gasteiger partial charge in [0.1, 0.15) is 0 Å². The normalized spacial score (nSPS) is 38.5. The van der Waals surface area contributed by atoms with Gasteiger partial charge in [-0.15, -0.1) is 0 Å². The zero-order chi connectivity index (χ0) is 13.5. The molecule has 3 rings (SSSR count). The van der Waals surface area contributed by atoms with Crippen LogP contribution in [0.15, 0.2) is 23.8 Å². The molecule has 1 spiro atoms. The number of carbonyl (C=O) groups excluding carboxylic acids is 2. The van der Waals surface area contributed by atoms with Crippen LogP contribution in [0.25, 0.3) is 0 Å². The second-order valence-electron chi connectivity index (χ2n) is 6.24. The van der Waals surface area contributed by atoms with Crippen molar-refractivity contribution >= 4 is 11.8 Å². The Labute approximate surface area is 113 Å². The molecule has 102 valence electrons. The average molecular weight is 260 g/mol. The van der Waals surface area contributed by atoms with E-state index in [-0.39, 0.29) is 17.2 Å². The Hall–Kier alpha value is -1.38. The van der Waals surface area contributed by atoms with Crippen LogP contribution in [0.1, 0.15) is 51.9 Å². The fourth-order valence-electron chi connectivity index (χ4n) is 3.82. The Kier molecular flexibility index (Phi) is 2.88. The summed E-state index contributed by atoms with van der Waals surface area (Å²) in [5, 5.41) is 0. The first-order chi connectivity index (χ1) is 9.06. The Bertz CT molecular complexity index is 488. The van der Waals surface area contributed by atoms with Crippen molar-refractivity contribution in [3.05, 3.63) is 23.8 Å². The topological polar surface area (TPSA) is 43.4 Å². The van der Waals surface area contributed by atoms with E-state index in [4.69, 9.17) is 4.74 Å². The molecule has 19 heavy (non-hydrogen) atoms. The molecule has 0 bridgehead atoms. The molecule has 0 aromatic heterocycles. The van der Waals surface area contributed by atoms with Crippen molar-refractivity contribution in [3.8, 4) is 0 Å². The van der Waals surface area contributed by atoms with Gasteiger partial charge in [-0.3, -0.25) is 9.59 Å². The molecule has 1 saturated heterocycles. The summed E-state index contributed by atoms with van der Waals surface area (Å²) in [5.41, 5.74) is 0.288. The Balaban J connectivity index is 2.11. The minimum atomic E-state index is -0.656. The van der Waals surface area contributed by atoms with Gasteiger partial charge in [-0.25, -0.2) is 0 Å². The molecule has 1 heterocycles. The Morgan fingerprint density at radius 2 is 1.95 bits per heavy atom. The van der Waals surface area contributed by atoms with Crippen molar-refractivity contribution in [2.24, 2.45) is 5.41 Å². The van der Waals surface area contributed by atoms with Crippen molar-refractivity contribution in [2.45, 2.75) is 57.5 Å². The monoisotopic (exact) mass is 260 g/mol. The number of carbonyl (C=O) groups is 2. The molecular formula is C16H20O3. The van der Waals surface area contributed by atoms with Crippen LogP contribution in [0, 0.1) is 5.41 Å². The SMILES string of the molecule is C[C@]12CCCCCC3=CC(=O)C=C[C@@]31OC(=O)CC2. The Morgan fingerprint density at radius 1 is 1.11 bits per heavy atom. The van der Waals surface area contributed by atoms with Crippen molar-refractivity contribution in [3.63, 3.8) is 0 Å². The Morgan fingerprint density at radius 3 is 2.79 bits per heavy atom. The fraction of sp³-hybridized carbons (Fsp3) is 0.625. The maximum absolute atomic E-state index is 11.8. The predicted octanol–water partition coefficient (Wildman–Crippen LogP) is 3.10. The van der Waals surface area contributed by atoms with Crippen LogP contribution in [-0.2, 0) is 14.3 Å². The van der Waals surface area contributed by atoms with E-state index < -0.39 is 5.60 Å². The van der Waals surface area contributed by atoms with Gasteiger partial charge in [0.2, 0.25) is 0 Å². The second-order valence-corrected chi connectivity index (χ2v) is 6.24. The van der Waals surface area contributed by atoms with E-state index in [0.29, 0.717) is 6.42 Å². The lowest BCUT2D eigenvalue weighted by molar-refractivity contribution is -0.175. The molecule has 1 aliphatic heterocycles. The van der Waals surface area contributed by atoms with Crippen LogP contribution in [-0.4, -0.2) is 17.4 Å². The highest BCUT2D eigenvalue weighted by atomic mass is 16.6. The summed E-state index contributed by atoms with van der Waals surface area (Å²) in [7, 11) is 0. The molecule has 0 aromatic carbocycles. The smallest absolute Gasteiger partial charge is 0.307 e. The van der Waals surface area contributed by atoms with Gasteiger partial charge < -0.3 is 4.74 Å². The summed E-state index contributed by atoms with van der Waals surface area (Å²) in [4.78, 5) is 23.5. The van der Waals surface area contributed by atoms with Crippen LogP contribution >= 0.6 is 0 Å². The molecule has 0 N–H and O–H groups in total. The number of ether oxygens (including phenoxy) is 1. The fourth-order valence-corrected chi connectivity index (χ4v) is 3.82. The standard InChI is InChI=1S/C16H20O3/c1-15-8-4-2-3-5-12-11-13(17)6-10-16(12,15)19-14(18)7-9-15/h6,10-11H,2-5,7-9H2,1H3/t15-,16-/m1/s1. The number of allylic oxidation sites excluding steroid dienone is 2. The number of rotatable bonds is 0. The summed E-state index contributed by atoms with van der Waals surface area (Å²) >= 11 is 0. The van der Waals surface area contributed by atoms with Gasteiger partial charge in [0.05, 0.1) is 0 Å². The van der Waals surface area contributed by atoms with Gasteiger partial charge in [-0.2, -0.15) is 0 Å². The molecule has 0 aromatic rings. The summed E-state index contributed by atoms with van der Waals surface area (Å²) in [6.07, 6.45) is 11.8. The molecule has 3 nitrogen and oxygen atoms in total. The van der Waals surface area contributed by atoms with Gasteiger partial charge in [-0.05, 0) is 49.5 Å². The molecule has 0 radical (unpaired) electrons. The first kappa shape index (κ1) is 12.6. The quantitative estimate of drug-likeness (QED) is 0.629. The van der Waals surface area contributed by atoms with Gasteiger partial charge >= 0.3 is 5.97 Å². The largest absolute Gasteiger partial charge is 0.450 e. The van der Waals surface area contributed by atoms with Gasteiger partial charge in [-0.1, -0.05) is 19.8 Å². The highest BCUT2D eigenvalue weighted by Gasteiger charge is 2.55. The van der Waals surface area contributed by atoms with Gasteiger partial charge in [0, 0.05) is 11.8 Å². The van der Waals surface area contributed by atoms with E-state index in [1.807, 2.05) is 6.08 Å². The third-order valence-corrected chi connectivity index (χ3v) is 5.00. The highest BCUT2D eigenvalue weighted by Crippen LogP contribution is 2.54. The van der Waals surface area contributed by atoms with E-state index in [2.05, 4.69) is 6.92 Å². The van der Waals surface area contributed by atoms with Gasteiger partial charge in [0.15, 0.2) is 11.4 Å². The number of ketones is 1. The van der Waals surface area contributed by atoms with Crippen molar-refractivity contribution in [2.75, 3.05) is 0 Å². The van der Waals surface area contributed by atoms with E-state index in [0.717, 1.165) is 31.3 Å². The third-order valence-electron chi connectivity index (χ3n) is 5.00. The molecule has 2 fully saturated rings. The average Bonchev–Trinajstić information content (AvgIpc) is 2.36. The van der Waals surface area contributed by atoms with Crippen LogP contribution in [0.4, 0.5) is 0 Å². The molecular weight excluding hydrogens is 240 g/mol. The lowest BCUT2D eigenvalue weighted by atomic mass is 9.59. The van der Waals surface area contributed by atoms with E-state index in [1.165, 1.54) is 12.8 Å². The summed E-state index contributed by atoms with van der Waals surface area (Å²) in [5.74, 6) is -0.117. The van der Waals surface area contributed by atoms with E-state index >= 15 is 0 Å². The van der Waals surface area contributed by atoms with Crippen molar-refractivity contribution in [1.29, 1.82) is 0 Å². The van der Waals surface area contributed by atoms with Crippen LogP contribution in [0.5, 0.6) is 0 Å². The molecule has 3 aliphatic rings. The first-order valence-corrected chi connectivity index (χ1v) is 7.22. The van der Waals surface area contributed by atoms with Gasteiger partial charge in [0.25, 0.3) is 0 Å². The van der Waals surface area contributed by atoms with E-state index in [9.17, 15) is 9.59 Å². The summed E-state index contributed by atoms with van der Waals surface area (Å²) < 4.78 is 5.82. The lowest BCUT2D eigenvalue weighted by Gasteiger charge is -2.52. The second kappa shape index (κ2) is 4.32. The molecule has 2 aliphatic carbocycles. The van der Waals surface area contributed by atoms with Crippen LogP contribution < -0.4 is 0 Å². The molecule has 0 unspecified atom stereocenters. The maximum Gasteiger partial charge on any atom is 0.307 e. The molecule has 2 atom stereocenters. The predicted molar refractivity (Wildman–Crippen MR) is 71.5 cm³/mol. The summed E-state index contributed by atoms with van der Waals surface area (Å²) in [6.45, 7) is 2.21. The zero-order valence-electron chi connectivity index (χ0n) is 11.4. The number of hydrogen-bond acceptors (Lipinski definition) is 3. The van der Waals surface area contributed by atoms with Crippen molar-refractivity contribution < 1.29 is 14.3 Å².